The van der Waals surface area contributed by atoms with Crippen LogP contribution in [0.5, 0.6) is 0 Å². The Morgan fingerprint density at radius 2 is 1.74 bits per heavy atom. The summed E-state index contributed by atoms with van der Waals surface area (Å²) in [5.41, 5.74) is 12.1. The maximum atomic E-state index is 5.97. The Hall–Kier alpha value is -2.36. The Labute approximate surface area is 111 Å². The largest absolute Gasteiger partial charge is 0.397 e. The number of hydrogen-bond donors (Lipinski definition) is 1. The summed E-state index contributed by atoms with van der Waals surface area (Å²) >= 11 is 0. The molecule has 0 bridgehead atoms. The minimum absolute atomic E-state index is 0.748. The Bertz CT molecular complexity index is 771. The highest BCUT2D eigenvalue weighted by molar-refractivity contribution is 5.63. The number of fused-ring (bicyclic) bond motifs is 1. The lowest BCUT2D eigenvalue weighted by Gasteiger charge is -2.05. The fourth-order valence-corrected chi connectivity index (χ4v) is 2.12. The Balaban J connectivity index is 2.25. The summed E-state index contributed by atoms with van der Waals surface area (Å²) in [6.45, 7) is 6.17. The standard InChI is InChI=1S/C15H16N4/c1-9-4-5-12(6-10(9)2)15-18-17-14-7-11(3)13(16)8-19(14)15/h4-8H,16H2,1-3H3. The maximum absolute atomic E-state index is 5.97. The first kappa shape index (κ1) is 11.7. The molecule has 4 nitrogen and oxygen atoms in total. The van der Waals surface area contributed by atoms with Gasteiger partial charge in [-0.1, -0.05) is 12.1 Å². The molecule has 2 N–H and O–H groups in total. The molecule has 0 aliphatic carbocycles. The van der Waals surface area contributed by atoms with Crippen LogP contribution in [0.3, 0.4) is 0 Å². The van der Waals surface area contributed by atoms with E-state index in [0.717, 1.165) is 28.3 Å². The molecular formula is C15H16N4. The van der Waals surface area contributed by atoms with Crippen LogP contribution in [-0.2, 0) is 0 Å². The van der Waals surface area contributed by atoms with Crippen molar-refractivity contribution in [2.24, 2.45) is 0 Å². The second-order valence-electron chi connectivity index (χ2n) is 4.96. The third kappa shape index (κ3) is 1.85. The lowest BCUT2D eigenvalue weighted by molar-refractivity contribution is 1.11. The molecule has 19 heavy (non-hydrogen) atoms. The molecule has 3 aromatic rings. The van der Waals surface area contributed by atoms with E-state index in [1.165, 1.54) is 11.1 Å². The number of benzene rings is 1. The van der Waals surface area contributed by atoms with E-state index in [1.54, 1.807) is 0 Å². The third-order valence-electron chi connectivity index (χ3n) is 3.56. The predicted octanol–water partition coefficient (Wildman–Crippen LogP) is 2.90. The molecule has 0 unspecified atom stereocenters. The van der Waals surface area contributed by atoms with Gasteiger partial charge in [0.15, 0.2) is 11.5 Å². The van der Waals surface area contributed by atoms with Crippen LogP contribution in [0.4, 0.5) is 5.69 Å². The molecule has 0 saturated carbocycles. The zero-order valence-electron chi connectivity index (χ0n) is 11.3. The Kier molecular flexibility index (Phi) is 2.52. The number of rotatable bonds is 1. The van der Waals surface area contributed by atoms with Crippen LogP contribution >= 0.6 is 0 Å². The number of nitrogen functional groups attached to an aromatic ring is 1. The number of aromatic nitrogens is 3. The van der Waals surface area contributed by atoms with Gasteiger partial charge in [0.2, 0.25) is 0 Å². The van der Waals surface area contributed by atoms with Crippen molar-refractivity contribution >= 4 is 11.3 Å². The molecule has 0 amide bonds. The number of aryl methyl sites for hydroxylation is 3. The number of nitrogens with zero attached hydrogens (tertiary/aromatic N) is 3. The van der Waals surface area contributed by atoms with E-state index < -0.39 is 0 Å². The second-order valence-corrected chi connectivity index (χ2v) is 4.96. The van der Waals surface area contributed by atoms with Crippen molar-refractivity contribution in [1.82, 2.24) is 14.6 Å². The summed E-state index contributed by atoms with van der Waals surface area (Å²) in [5, 5.41) is 8.48. The first-order valence-corrected chi connectivity index (χ1v) is 6.25. The molecule has 2 heterocycles. The SMILES string of the molecule is Cc1ccc(-c2nnc3cc(C)c(N)cn23)cc1C. The lowest BCUT2D eigenvalue weighted by Crippen LogP contribution is -1.96. The van der Waals surface area contributed by atoms with Crippen LogP contribution < -0.4 is 5.73 Å². The first-order valence-electron chi connectivity index (χ1n) is 6.25. The number of pyridine rings is 1. The molecule has 1 aromatic carbocycles. The summed E-state index contributed by atoms with van der Waals surface area (Å²) in [7, 11) is 0. The highest BCUT2D eigenvalue weighted by Gasteiger charge is 2.10. The van der Waals surface area contributed by atoms with E-state index in [4.69, 9.17) is 5.73 Å². The molecule has 0 saturated heterocycles. The average molecular weight is 252 g/mol. The van der Waals surface area contributed by atoms with Gasteiger partial charge in [-0.15, -0.1) is 10.2 Å². The normalized spacial score (nSPS) is 11.1. The van der Waals surface area contributed by atoms with Crippen molar-refractivity contribution in [3.8, 4) is 11.4 Å². The topological polar surface area (TPSA) is 56.2 Å². The van der Waals surface area contributed by atoms with Crippen LogP contribution in [0.2, 0.25) is 0 Å². The molecule has 3 rings (SSSR count). The van der Waals surface area contributed by atoms with Crippen LogP contribution in [-0.4, -0.2) is 14.6 Å². The van der Waals surface area contributed by atoms with Crippen molar-refractivity contribution in [3.63, 3.8) is 0 Å². The van der Waals surface area contributed by atoms with Gasteiger partial charge in [0.05, 0.1) is 5.69 Å². The third-order valence-corrected chi connectivity index (χ3v) is 3.56. The van der Waals surface area contributed by atoms with E-state index in [1.807, 2.05) is 23.6 Å². The molecule has 0 atom stereocenters. The van der Waals surface area contributed by atoms with Crippen LogP contribution in [0, 0.1) is 20.8 Å². The van der Waals surface area contributed by atoms with E-state index in [9.17, 15) is 0 Å². The van der Waals surface area contributed by atoms with Crippen molar-refractivity contribution in [2.75, 3.05) is 5.73 Å². The van der Waals surface area contributed by atoms with Gasteiger partial charge in [0.25, 0.3) is 0 Å². The summed E-state index contributed by atoms with van der Waals surface area (Å²) in [6.07, 6.45) is 1.88. The molecule has 0 aliphatic rings. The molecule has 0 aliphatic heterocycles. The van der Waals surface area contributed by atoms with E-state index in [-0.39, 0.29) is 0 Å². The Morgan fingerprint density at radius 1 is 0.947 bits per heavy atom. The van der Waals surface area contributed by atoms with Gasteiger partial charge in [-0.05, 0) is 49.6 Å². The Morgan fingerprint density at radius 3 is 2.47 bits per heavy atom. The smallest absolute Gasteiger partial charge is 0.168 e. The van der Waals surface area contributed by atoms with Gasteiger partial charge in [0, 0.05) is 11.8 Å². The summed E-state index contributed by atoms with van der Waals surface area (Å²) < 4.78 is 1.94. The van der Waals surface area contributed by atoms with Crippen molar-refractivity contribution < 1.29 is 0 Å². The van der Waals surface area contributed by atoms with Gasteiger partial charge in [0.1, 0.15) is 0 Å². The zero-order chi connectivity index (χ0) is 13.6. The highest BCUT2D eigenvalue weighted by Crippen LogP contribution is 2.23. The molecule has 2 aromatic heterocycles. The highest BCUT2D eigenvalue weighted by atomic mass is 15.2. The van der Waals surface area contributed by atoms with E-state index in [2.05, 4.69) is 42.2 Å². The van der Waals surface area contributed by atoms with Gasteiger partial charge in [-0.2, -0.15) is 0 Å². The van der Waals surface area contributed by atoms with Gasteiger partial charge in [-0.25, -0.2) is 0 Å². The second kappa shape index (κ2) is 4.09. The molecular weight excluding hydrogens is 236 g/mol. The van der Waals surface area contributed by atoms with Gasteiger partial charge < -0.3 is 5.73 Å². The predicted molar refractivity (Wildman–Crippen MR) is 77.0 cm³/mol. The van der Waals surface area contributed by atoms with Crippen molar-refractivity contribution in [3.05, 3.63) is 47.2 Å². The van der Waals surface area contributed by atoms with Gasteiger partial charge in [-0.3, -0.25) is 4.40 Å². The van der Waals surface area contributed by atoms with Gasteiger partial charge >= 0.3 is 0 Å². The fourth-order valence-electron chi connectivity index (χ4n) is 2.12. The fraction of sp³-hybridized carbons (Fsp3) is 0.200. The molecule has 0 radical (unpaired) electrons. The van der Waals surface area contributed by atoms with Crippen LogP contribution in [0.15, 0.2) is 30.5 Å². The lowest BCUT2D eigenvalue weighted by atomic mass is 10.1. The monoisotopic (exact) mass is 252 g/mol. The van der Waals surface area contributed by atoms with E-state index in [0.29, 0.717) is 0 Å². The molecule has 0 fully saturated rings. The summed E-state index contributed by atoms with van der Waals surface area (Å²) in [4.78, 5) is 0. The van der Waals surface area contributed by atoms with Crippen molar-refractivity contribution in [1.29, 1.82) is 0 Å². The first-order chi connectivity index (χ1) is 9.06. The van der Waals surface area contributed by atoms with Crippen molar-refractivity contribution in [2.45, 2.75) is 20.8 Å². The molecule has 96 valence electrons. The molecule has 0 spiro atoms. The average Bonchev–Trinajstić information content (AvgIpc) is 2.76. The maximum Gasteiger partial charge on any atom is 0.168 e. The van der Waals surface area contributed by atoms with Crippen LogP contribution in [0.25, 0.3) is 17.0 Å². The number of nitrogens with two attached hydrogens (primary N) is 1. The van der Waals surface area contributed by atoms with Crippen LogP contribution in [0.1, 0.15) is 16.7 Å². The summed E-state index contributed by atoms with van der Waals surface area (Å²) in [5.74, 6) is 0.824. The minimum atomic E-state index is 0.748. The molecule has 4 heteroatoms. The number of hydrogen-bond acceptors (Lipinski definition) is 3. The zero-order valence-corrected chi connectivity index (χ0v) is 11.3. The summed E-state index contributed by atoms with van der Waals surface area (Å²) in [6, 6.07) is 8.24. The van der Waals surface area contributed by atoms with E-state index >= 15 is 0 Å². The minimum Gasteiger partial charge on any atom is -0.397 e. The number of anilines is 1. The quantitative estimate of drug-likeness (QED) is 0.724.